The molecule has 0 aliphatic carbocycles. The Labute approximate surface area is 165 Å². The van der Waals surface area contributed by atoms with Crippen molar-refractivity contribution >= 4 is 40.7 Å². The molecule has 1 atom stereocenters. The predicted octanol–water partition coefficient (Wildman–Crippen LogP) is 5.23. The zero-order valence-electron chi connectivity index (χ0n) is 15.0. The van der Waals surface area contributed by atoms with Crippen LogP contribution >= 0.6 is 23.2 Å². The number of amides is 2. The van der Waals surface area contributed by atoms with Crippen LogP contribution in [0.1, 0.15) is 39.4 Å². The maximum Gasteiger partial charge on any atom is 0.221 e. The molecule has 0 heterocycles. The van der Waals surface area contributed by atoms with Crippen molar-refractivity contribution in [1.82, 2.24) is 10.6 Å². The smallest absolute Gasteiger partial charge is 0.221 e. The van der Waals surface area contributed by atoms with Gasteiger partial charge in [0.25, 0.3) is 0 Å². The molecule has 1 unspecified atom stereocenters. The standard InChI is InChI=1S/C10H12ClNO.C10H10ClNO.H2/c2*1-7(12-8(2)13)9-3-5-10(11)6-4-9;/h3-7H,1-2H3,(H,12,13);3-6H,1H2,2H3,(H,12,13);1H. The van der Waals surface area contributed by atoms with Gasteiger partial charge in [-0.1, -0.05) is 54.0 Å². The molecule has 2 aromatic carbocycles. The van der Waals surface area contributed by atoms with Crippen LogP contribution in [0.4, 0.5) is 0 Å². The fraction of sp³-hybridized carbons (Fsp3) is 0.200. The Bertz CT molecular complexity index is 763. The first-order chi connectivity index (χ1) is 12.2. The summed E-state index contributed by atoms with van der Waals surface area (Å²) in [5.74, 6) is -0.151. The number of hydrogen-bond acceptors (Lipinski definition) is 2. The van der Waals surface area contributed by atoms with Gasteiger partial charge in [-0.3, -0.25) is 9.59 Å². The van der Waals surface area contributed by atoms with E-state index in [2.05, 4.69) is 17.2 Å². The molecule has 2 aromatic rings. The molecule has 4 nitrogen and oxygen atoms in total. The Kier molecular flexibility index (Phi) is 8.90. The Balaban J connectivity index is 0.000000483. The fourth-order valence-corrected chi connectivity index (χ4v) is 2.33. The van der Waals surface area contributed by atoms with Gasteiger partial charge in [-0.15, -0.1) is 0 Å². The summed E-state index contributed by atoms with van der Waals surface area (Å²) in [4.78, 5) is 21.5. The lowest BCUT2D eigenvalue weighted by Crippen LogP contribution is -2.23. The molecule has 0 aromatic heterocycles. The molecule has 2 N–H and O–H groups in total. The lowest BCUT2D eigenvalue weighted by molar-refractivity contribution is -0.119. The number of carbonyl (C=O) groups excluding carboxylic acids is 2. The highest BCUT2D eigenvalue weighted by Crippen LogP contribution is 2.16. The Morgan fingerprint density at radius 3 is 1.81 bits per heavy atom. The van der Waals surface area contributed by atoms with E-state index < -0.39 is 0 Å². The van der Waals surface area contributed by atoms with Gasteiger partial charge in [0.15, 0.2) is 0 Å². The Hall–Kier alpha value is -2.30. The summed E-state index contributed by atoms with van der Waals surface area (Å²) in [5, 5.41) is 6.77. The quantitative estimate of drug-likeness (QED) is 0.745. The molecule has 26 heavy (non-hydrogen) atoms. The molecule has 0 aliphatic heterocycles. The second kappa shape index (κ2) is 10.6. The van der Waals surface area contributed by atoms with Crippen LogP contribution in [0.2, 0.25) is 10.0 Å². The lowest BCUT2D eigenvalue weighted by Gasteiger charge is -2.12. The van der Waals surface area contributed by atoms with Gasteiger partial charge in [-0.25, -0.2) is 0 Å². The van der Waals surface area contributed by atoms with Crippen molar-refractivity contribution in [2.45, 2.75) is 26.8 Å². The molecule has 0 aliphatic rings. The van der Waals surface area contributed by atoms with E-state index in [9.17, 15) is 9.59 Å². The van der Waals surface area contributed by atoms with Crippen molar-refractivity contribution in [3.63, 3.8) is 0 Å². The number of halogens is 2. The first kappa shape index (κ1) is 21.7. The van der Waals surface area contributed by atoms with Gasteiger partial charge in [0, 0.05) is 31.0 Å². The molecule has 0 bridgehead atoms. The number of nitrogens with one attached hydrogen (secondary N) is 2. The third-order valence-electron chi connectivity index (χ3n) is 3.31. The van der Waals surface area contributed by atoms with Gasteiger partial charge in [0.1, 0.15) is 0 Å². The molecule has 0 radical (unpaired) electrons. The van der Waals surface area contributed by atoms with Crippen LogP contribution in [-0.4, -0.2) is 11.8 Å². The van der Waals surface area contributed by atoms with Gasteiger partial charge in [-0.2, -0.15) is 0 Å². The molecule has 0 saturated carbocycles. The third-order valence-corrected chi connectivity index (χ3v) is 3.81. The van der Waals surface area contributed by atoms with E-state index in [0.29, 0.717) is 15.7 Å². The molecular weight excluding hydrogens is 371 g/mol. The van der Waals surface area contributed by atoms with Crippen molar-refractivity contribution in [2.24, 2.45) is 0 Å². The summed E-state index contributed by atoms with van der Waals surface area (Å²) in [6.07, 6.45) is 0. The van der Waals surface area contributed by atoms with Crippen LogP contribution in [0.25, 0.3) is 5.70 Å². The average molecular weight is 395 g/mol. The number of benzene rings is 2. The summed E-state index contributed by atoms with van der Waals surface area (Å²) in [6.45, 7) is 8.61. The minimum atomic E-state index is -0.125. The van der Waals surface area contributed by atoms with Gasteiger partial charge in [0.05, 0.1) is 6.04 Å². The van der Waals surface area contributed by atoms with E-state index in [1.54, 1.807) is 24.3 Å². The zero-order valence-corrected chi connectivity index (χ0v) is 16.5. The Morgan fingerprint density at radius 2 is 1.38 bits per heavy atom. The van der Waals surface area contributed by atoms with E-state index in [-0.39, 0.29) is 19.3 Å². The predicted molar refractivity (Wildman–Crippen MR) is 110 cm³/mol. The van der Waals surface area contributed by atoms with Crippen LogP contribution < -0.4 is 10.6 Å². The Morgan fingerprint density at radius 1 is 0.923 bits per heavy atom. The molecule has 2 amide bonds. The van der Waals surface area contributed by atoms with Gasteiger partial charge in [-0.05, 0) is 42.3 Å². The van der Waals surface area contributed by atoms with Crippen molar-refractivity contribution in [3.8, 4) is 0 Å². The van der Waals surface area contributed by atoms with Crippen LogP contribution in [-0.2, 0) is 9.59 Å². The largest absolute Gasteiger partial charge is 0.350 e. The summed E-state index contributed by atoms with van der Waals surface area (Å²) < 4.78 is 0. The van der Waals surface area contributed by atoms with Gasteiger partial charge >= 0.3 is 0 Å². The molecular formula is C20H24Cl2N2O2. The average Bonchev–Trinajstić information content (AvgIpc) is 2.55. The van der Waals surface area contributed by atoms with E-state index >= 15 is 0 Å². The topological polar surface area (TPSA) is 58.2 Å². The normalized spacial score (nSPS) is 10.8. The van der Waals surface area contributed by atoms with Crippen molar-refractivity contribution in [1.29, 1.82) is 0 Å². The van der Waals surface area contributed by atoms with Crippen molar-refractivity contribution < 1.29 is 11.0 Å². The minimum Gasteiger partial charge on any atom is -0.350 e. The summed E-state index contributed by atoms with van der Waals surface area (Å²) in [6, 6.07) is 14.6. The van der Waals surface area contributed by atoms with Crippen molar-refractivity contribution in [3.05, 3.63) is 76.3 Å². The molecule has 140 valence electrons. The molecule has 6 heteroatoms. The SMILES string of the molecule is C=C(NC(C)=O)c1ccc(Cl)cc1.CC(=O)NC(C)c1ccc(Cl)cc1.[HH]. The van der Waals surface area contributed by atoms with E-state index in [1.165, 1.54) is 13.8 Å². The monoisotopic (exact) mass is 394 g/mol. The number of carbonyl (C=O) groups is 2. The van der Waals surface area contributed by atoms with Gasteiger partial charge < -0.3 is 10.6 Å². The highest BCUT2D eigenvalue weighted by atomic mass is 35.5. The molecule has 0 saturated heterocycles. The molecule has 2 rings (SSSR count). The van der Waals surface area contributed by atoms with Crippen LogP contribution in [0.3, 0.4) is 0 Å². The van der Waals surface area contributed by atoms with Crippen molar-refractivity contribution in [2.75, 3.05) is 0 Å². The van der Waals surface area contributed by atoms with Crippen LogP contribution in [0, 0.1) is 0 Å². The second-order valence-corrected chi connectivity index (χ2v) is 6.51. The van der Waals surface area contributed by atoms with Crippen LogP contribution in [0.5, 0.6) is 0 Å². The highest BCUT2D eigenvalue weighted by molar-refractivity contribution is 6.30. The second-order valence-electron chi connectivity index (χ2n) is 5.64. The highest BCUT2D eigenvalue weighted by Gasteiger charge is 2.05. The summed E-state index contributed by atoms with van der Waals surface area (Å²) in [7, 11) is 0. The number of hydrogen-bond donors (Lipinski definition) is 2. The van der Waals surface area contributed by atoms with E-state index in [4.69, 9.17) is 23.2 Å². The first-order valence-corrected chi connectivity index (χ1v) is 8.69. The maximum atomic E-state index is 10.8. The fourth-order valence-electron chi connectivity index (χ4n) is 2.08. The maximum absolute atomic E-state index is 10.8. The molecule has 0 fully saturated rings. The molecule has 0 spiro atoms. The first-order valence-electron chi connectivity index (χ1n) is 7.94. The van der Waals surface area contributed by atoms with E-state index in [0.717, 1.165) is 11.1 Å². The zero-order chi connectivity index (χ0) is 19.7. The van der Waals surface area contributed by atoms with Crippen LogP contribution in [0.15, 0.2) is 55.1 Å². The van der Waals surface area contributed by atoms with E-state index in [1.807, 2.05) is 31.2 Å². The van der Waals surface area contributed by atoms with Gasteiger partial charge in [0.2, 0.25) is 11.8 Å². The minimum absolute atomic E-state index is 0. The third kappa shape index (κ3) is 8.19. The summed E-state index contributed by atoms with van der Waals surface area (Å²) >= 11 is 11.4. The number of rotatable bonds is 4. The lowest BCUT2D eigenvalue weighted by atomic mass is 10.1. The summed E-state index contributed by atoms with van der Waals surface area (Å²) in [5.41, 5.74) is 2.50.